The first kappa shape index (κ1) is 17.0. The molecule has 2 aromatic carbocycles. The second-order valence-electron chi connectivity index (χ2n) is 6.46. The Kier molecular flexibility index (Phi) is 5.51. The van der Waals surface area contributed by atoms with E-state index in [2.05, 4.69) is 36.5 Å². The molecule has 1 heterocycles. The zero-order valence-corrected chi connectivity index (χ0v) is 14.0. The molecule has 0 saturated carbocycles. The molecule has 0 bridgehead atoms. The highest BCUT2D eigenvalue weighted by Crippen LogP contribution is 2.30. The molecule has 0 amide bonds. The maximum Gasteiger partial charge on any atom is 0.115 e. The highest BCUT2D eigenvalue weighted by atomic mass is 16.5. The van der Waals surface area contributed by atoms with Gasteiger partial charge in [-0.3, -0.25) is 0 Å². The van der Waals surface area contributed by atoms with Crippen molar-refractivity contribution in [3.05, 3.63) is 65.2 Å². The molecule has 4 nitrogen and oxygen atoms in total. The summed E-state index contributed by atoms with van der Waals surface area (Å²) in [6, 6.07) is 15.4. The highest BCUT2D eigenvalue weighted by molar-refractivity contribution is 5.31. The Morgan fingerprint density at radius 1 is 1.21 bits per heavy atom. The van der Waals surface area contributed by atoms with Crippen LogP contribution in [0.1, 0.15) is 42.2 Å². The molecular weight excluding hydrogens is 302 g/mol. The first-order chi connectivity index (χ1) is 11.6. The van der Waals surface area contributed by atoms with Crippen molar-refractivity contribution < 1.29 is 14.9 Å². The Bertz CT molecular complexity index is 673. The van der Waals surface area contributed by atoms with E-state index in [0.717, 1.165) is 19.4 Å². The summed E-state index contributed by atoms with van der Waals surface area (Å²) in [5, 5.41) is 23.1. The van der Waals surface area contributed by atoms with E-state index in [9.17, 15) is 10.2 Å². The summed E-state index contributed by atoms with van der Waals surface area (Å²) in [4.78, 5) is 0. The molecule has 2 aromatic rings. The number of phenols is 1. The van der Waals surface area contributed by atoms with Crippen molar-refractivity contribution in [2.24, 2.45) is 0 Å². The van der Waals surface area contributed by atoms with Crippen LogP contribution in [0.25, 0.3) is 0 Å². The molecule has 0 radical (unpaired) electrons. The van der Waals surface area contributed by atoms with Crippen molar-refractivity contribution in [3.8, 4) is 5.75 Å². The summed E-state index contributed by atoms with van der Waals surface area (Å²) < 4.78 is 5.95. The monoisotopic (exact) mass is 327 g/mol. The Labute approximate surface area is 143 Å². The largest absolute Gasteiger partial charge is 0.508 e. The van der Waals surface area contributed by atoms with Gasteiger partial charge in [-0.1, -0.05) is 36.4 Å². The number of fused-ring (bicyclic) bond motifs is 1. The molecule has 4 heteroatoms. The Morgan fingerprint density at radius 2 is 2.04 bits per heavy atom. The van der Waals surface area contributed by atoms with E-state index in [4.69, 9.17) is 4.74 Å². The molecule has 3 atom stereocenters. The van der Waals surface area contributed by atoms with Crippen molar-refractivity contribution in [1.29, 1.82) is 0 Å². The van der Waals surface area contributed by atoms with Gasteiger partial charge in [-0.25, -0.2) is 0 Å². The van der Waals surface area contributed by atoms with E-state index >= 15 is 0 Å². The molecule has 1 aliphatic rings. The standard InChI is InChI=1S/C20H25NO3/c1-14(21-13-19(23)16-6-4-7-17(22)12-16)11-20-18-8-3-2-5-15(18)9-10-24-20/h2-8,12,14,19-23H,9-11,13H2,1H3. The first-order valence-electron chi connectivity index (χ1n) is 8.53. The van der Waals surface area contributed by atoms with Gasteiger partial charge in [0.25, 0.3) is 0 Å². The minimum Gasteiger partial charge on any atom is -0.508 e. The lowest BCUT2D eigenvalue weighted by molar-refractivity contribution is 0.0296. The highest BCUT2D eigenvalue weighted by Gasteiger charge is 2.22. The summed E-state index contributed by atoms with van der Waals surface area (Å²) in [7, 11) is 0. The summed E-state index contributed by atoms with van der Waals surface area (Å²) in [6.45, 7) is 3.31. The second kappa shape index (κ2) is 7.79. The summed E-state index contributed by atoms with van der Waals surface area (Å²) in [5.41, 5.74) is 3.38. The van der Waals surface area contributed by atoms with Crippen molar-refractivity contribution in [2.45, 2.75) is 38.0 Å². The van der Waals surface area contributed by atoms with Gasteiger partial charge < -0.3 is 20.3 Å². The number of hydrogen-bond donors (Lipinski definition) is 3. The van der Waals surface area contributed by atoms with Crippen LogP contribution in [0.15, 0.2) is 48.5 Å². The molecular formula is C20H25NO3. The molecule has 0 spiro atoms. The van der Waals surface area contributed by atoms with Gasteiger partial charge in [-0.05, 0) is 48.6 Å². The molecule has 3 rings (SSSR count). The first-order valence-corrected chi connectivity index (χ1v) is 8.53. The zero-order valence-electron chi connectivity index (χ0n) is 14.0. The number of nitrogens with one attached hydrogen (secondary N) is 1. The number of ether oxygens (including phenoxy) is 1. The molecule has 3 unspecified atom stereocenters. The molecule has 24 heavy (non-hydrogen) atoms. The minimum absolute atomic E-state index is 0.107. The maximum absolute atomic E-state index is 10.3. The number of hydrogen-bond acceptors (Lipinski definition) is 4. The van der Waals surface area contributed by atoms with Gasteiger partial charge in [-0.2, -0.15) is 0 Å². The van der Waals surface area contributed by atoms with Gasteiger partial charge in [0, 0.05) is 12.6 Å². The number of phenolic OH excluding ortho intramolecular Hbond substituents is 1. The number of aliphatic hydroxyl groups is 1. The lowest BCUT2D eigenvalue weighted by Crippen LogP contribution is -2.33. The van der Waals surface area contributed by atoms with E-state index < -0.39 is 6.10 Å². The third-order valence-electron chi connectivity index (χ3n) is 4.57. The van der Waals surface area contributed by atoms with Crippen molar-refractivity contribution in [1.82, 2.24) is 5.32 Å². The van der Waals surface area contributed by atoms with Gasteiger partial charge >= 0.3 is 0 Å². The van der Waals surface area contributed by atoms with Crippen LogP contribution in [-0.2, 0) is 11.2 Å². The fraction of sp³-hybridized carbons (Fsp3) is 0.400. The molecule has 0 saturated heterocycles. The summed E-state index contributed by atoms with van der Waals surface area (Å²) in [6.07, 6.45) is 1.31. The average molecular weight is 327 g/mol. The van der Waals surface area contributed by atoms with Gasteiger partial charge in [0.2, 0.25) is 0 Å². The van der Waals surface area contributed by atoms with Crippen molar-refractivity contribution in [3.63, 3.8) is 0 Å². The fourth-order valence-corrected chi connectivity index (χ4v) is 3.24. The van der Waals surface area contributed by atoms with Crippen LogP contribution in [0.2, 0.25) is 0 Å². The third kappa shape index (κ3) is 4.15. The normalized spacial score (nSPS) is 19.5. The zero-order chi connectivity index (χ0) is 16.9. The Balaban J connectivity index is 1.54. The Hall–Kier alpha value is -1.88. The molecule has 1 aliphatic heterocycles. The minimum atomic E-state index is -0.640. The smallest absolute Gasteiger partial charge is 0.115 e. The van der Waals surface area contributed by atoms with Crippen molar-refractivity contribution in [2.75, 3.05) is 13.2 Å². The maximum atomic E-state index is 10.3. The van der Waals surface area contributed by atoms with E-state index in [1.807, 2.05) is 6.07 Å². The molecule has 0 fully saturated rings. The summed E-state index contributed by atoms with van der Waals surface area (Å²) in [5.74, 6) is 0.173. The van der Waals surface area contributed by atoms with Crippen LogP contribution >= 0.6 is 0 Å². The van der Waals surface area contributed by atoms with Crippen LogP contribution in [0.3, 0.4) is 0 Å². The number of rotatable bonds is 6. The fourth-order valence-electron chi connectivity index (χ4n) is 3.24. The van der Waals surface area contributed by atoms with Crippen LogP contribution in [0.5, 0.6) is 5.75 Å². The average Bonchev–Trinajstić information content (AvgIpc) is 2.60. The van der Waals surface area contributed by atoms with E-state index in [-0.39, 0.29) is 17.9 Å². The van der Waals surface area contributed by atoms with Crippen LogP contribution in [0, 0.1) is 0 Å². The van der Waals surface area contributed by atoms with Crippen LogP contribution in [-0.4, -0.2) is 29.4 Å². The van der Waals surface area contributed by atoms with Crippen molar-refractivity contribution >= 4 is 0 Å². The molecule has 3 N–H and O–H groups in total. The van der Waals surface area contributed by atoms with E-state index in [0.29, 0.717) is 12.1 Å². The molecule has 0 aromatic heterocycles. The van der Waals surface area contributed by atoms with Gasteiger partial charge in [0.05, 0.1) is 18.8 Å². The van der Waals surface area contributed by atoms with Gasteiger partial charge in [-0.15, -0.1) is 0 Å². The molecule has 0 aliphatic carbocycles. The Morgan fingerprint density at radius 3 is 2.88 bits per heavy atom. The predicted octanol–water partition coefficient (Wildman–Crippen LogP) is 3.11. The van der Waals surface area contributed by atoms with Crippen LogP contribution < -0.4 is 5.32 Å². The van der Waals surface area contributed by atoms with Gasteiger partial charge in [0.15, 0.2) is 0 Å². The lowest BCUT2D eigenvalue weighted by atomic mass is 9.94. The number of benzene rings is 2. The number of aliphatic hydroxyl groups excluding tert-OH is 1. The van der Waals surface area contributed by atoms with E-state index in [1.54, 1.807) is 18.2 Å². The van der Waals surface area contributed by atoms with Crippen LogP contribution in [0.4, 0.5) is 0 Å². The lowest BCUT2D eigenvalue weighted by Gasteiger charge is -2.29. The third-order valence-corrected chi connectivity index (χ3v) is 4.57. The topological polar surface area (TPSA) is 61.7 Å². The SMILES string of the molecule is CC(CC1OCCc2ccccc21)NCC(O)c1cccc(O)c1. The summed E-state index contributed by atoms with van der Waals surface area (Å²) >= 11 is 0. The quantitative estimate of drug-likeness (QED) is 0.763. The van der Waals surface area contributed by atoms with Gasteiger partial charge in [0.1, 0.15) is 5.75 Å². The number of aromatic hydroxyl groups is 1. The van der Waals surface area contributed by atoms with E-state index in [1.165, 1.54) is 11.1 Å². The molecule has 128 valence electrons. The predicted molar refractivity (Wildman–Crippen MR) is 94.0 cm³/mol. The second-order valence-corrected chi connectivity index (χ2v) is 6.46.